The van der Waals surface area contributed by atoms with Crippen LogP contribution in [0.15, 0.2) is 4.99 Å². The van der Waals surface area contributed by atoms with Crippen LogP contribution in [0, 0.1) is 0 Å². The smallest absolute Gasteiger partial charge is 0.191 e. The molecule has 2 aliphatic rings. The number of nitrogens with two attached hydrogens (primary N) is 1. The molecule has 0 aliphatic carbocycles. The van der Waals surface area contributed by atoms with E-state index in [2.05, 4.69) is 28.6 Å². The summed E-state index contributed by atoms with van der Waals surface area (Å²) < 4.78 is 0. The van der Waals surface area contributed by atoms with Crippen molar-refractivity contribution in [3.63, 3.8) is 0 Å². The number of piperidine rings is 1. The van der Waals surface area contributed by atoms with Gasteiger partial charge in [-0.2, -0.15) is 11.8 Å². The summed E-state index contributed by atoms with van der Waals surface area (Å²) in [5.74, 6) is 3.09. The van der Waals surface area contributed by atoms with Crippen LogP contribution in [0.1, 0.15) is 33.1 Å². The summed E-state index contributed by atoms with van der Waals surface area (Å²) in [6.07, 6.45) is 4.03. The van der Waals surface area contributed by atoms with Gasteiger partial charge in [-0.05, 0) is 39.8 Å². The quantitative estimate of drug-likeness (QED) is 0.439. The molecule has 0 aromatic heterocycles. The van der Waals surface area contributed by atoms with Crippen LogP contribution in [0.5, 0.6) is 0 Å². The molecule has 0 atom stereocenters. The molecule has 4 nitrogen and oxygen atoms in total. The second-order valence-electron chi connectivity index (χ2n) is 6.13. The molecule has 0 spiro atoms. The molecule has 2 rings (SSSR count). The van der Waals surface area contributed by atoms with Gasteiger partial charge in [0.1, 0.15) is 0 Å². The van der Waals surface area contributed by atoms with Crippen LogP contribution in [0.4, 0.5) is 0 Å². The summed E-state index contributed by atoms with van der Waals surface area (Å²) in [4.78, 5) is 9.46. The Hall–Kier alpha value is 0.310. The van der Waals surface area contributed by atoms with E-state index >= 15 is 0 Å². The van der Waals surface area contributed by atoms with Crippen molar-refractivity contribution in [3.8, 4) is 0 Å². The monoisotopic (exact) mass is 412 g/mol. The molecule has 118 valence electrons. The van der Waals surface area contributed by atoms with Gasteiger partial charge in [-0.15, -0.1) is 24.0 Å². The molecule has 0 amide bonds. The van der Waals surface area contributed by atoms with Gasteiger partial charge in [-0.1, -0.05) is 6.42 Å². The van der Waals surface area contributed by atoms with E-state index in [4.69, 9.17) is 5.73 Å². The minimum absolute atomic E-state index is 0. The maximum absolute atomic E-state index is 6.13. The van der Waals surface area contributed by atoms with Crippen molar-refractivity contribution in [2.75, 3.05) is 44.2 Å². The largest absolute Gasteiger partial charge is 0.370 e. The van der Waals surface area contributed by atoms with Crippen LogP contribution in [0.2, 0.25) is 0 Å². The molecule has 0 aromatic rings. The Bertz CT molecular complexity index is 310. The van der Waals surface area contributed by atoms with Gasteiger partial charge in [0.2, 0.25) is 0 Å². The Morgan fingerprint density at radius 1 is 1.10 bits per heavy atom. The van der Waals surface area contributed by atoms with E-state index in [0.717, 1.165) is 25.6 Å². The number of rotatable bonds is 3. The fourth-order valence-electron chi connectivity index (χ4n) is 2.77. The average Bonchev–Trinajstić information content (AvgIpc) is 2.47. The third-order valence-corrected chi connectivity index (χ3v) is 5.12. The van der Waals surface area contributed by atoms with Gasteiger partial charge >= 0.3 is 0 Å². The number of likely N-dealkylation sites (tertiary alicyclic amines) is 1. The summed E-state index contributed by atoms with van der Waals surface area (Å²) in [6.45, 7) is 9.91. The fourth-order valence-corrected chi connectivity index (χ4v) is 3.67. The van der Waals surface area contributed by atoms with Crippen LogP contribution >= 0.6 is 35.7 Å². The minimum Gasteiger partial charge on any atom is -0.370 e. The van der Waals surface area contributed by atoms with E-state index in [0.29, 0.717) is 0 Å². The summed E-state index contributed by atoms with van der Waals surface area (Å²) >= 11 is 2.00. The highest BCUT2D eigenvalue weighted by Crippen LogP contribution is 2.21. The summed E-state index contributed by atoms with van der Waals surface area (Å²) in [6, 6.07) is 0. The van der Waals surface area contributed by atoms with Crippen molar-refractivity contribution in [2.45, 2.75) is 38.6 Å². The Kier molecular flexibility index (Phi) is 7.97. The molecular weight excluding hydrogens is 383 g/mol. The van der Waals surface area contributed by atoms with Crippen molar-refractivity contribution in [1.29, 1.82) is 0 Å². The molecule has 0 saturated carbocycles. The van der Waals surface area contributed by atoms with Crippen LogP contribution in [0.3, 0.4) is 0 Å². The maximum Gasteiger partial charge on any atom is 0.191 e. The normalized spacial score (nSPS) is 22.5. The van der Waals surface area contributed by atoms with Gasteiger partial charge in [-0.3, -0.25) is 9.89 Å². The van der Waals surface area contributed by atoms with E-state index < -0.39 is 0 Å². The van der Waals surface area contributed by atoms with E-state index in [-0.39, 0.29) is 29.5 Å². The van der Waals surface area contributed by atoms with Crippen LogP contribution in [-0.4, -0.2) is 65.5 Å². The Balaban J connectivity index is 0.00000200. The van der Waals surface area contributed by atoms with Gasteiger partial charge in [0.05, 0.1) is 6.54 Å². The van der Waals surface area contributed by atoms with Gasteiger partial charge < -0.3 is 10.6 Å². The van der Waals surface area contributed by atoms with E-state index in [1.54, 1.807) is 0 Å². The first-order valence-corrected chi connectivity index (χ1v) is 8.63. The van der Waals surface area contributed by atoms with Crippen molar-refractivity contribution in [2.24, 2.45) is 10.7 Å². The Morgan fingerprint density at radius 2 is 1.70 bits per heavy atom. The predicted molar refractivity (Wildman–Crippen MR) is 100 cm³/mol. The third kappa shape index (κ3) is 5.26. The summed E-state index contributed by atoms with van der Waals surface area (Å²) in [5, 5.41) is 0. The topological polar surface area (TPSA) is 44.9 Å². The number of hydrogen-bond donors (Lipinski definition) is 1. The van der Waals surface area contributed by atoms with Gasteiger partial charge in [0.25, 0.3) is 0 Å². The maximum atomic E-state index is 6.13. The molecule has 2 heterocycles. The van der Waals surface area contributed by atoms with Crippen molar-refractivity contribution >= 4 is 41.7 Å². The molecule has 6 heteroatoms. The second-order valence-corrected chi connectivity index (χ2v) is 7.36. The molecular formula is C14H29IN4S. The van der Waals surface area contributed by atoms with Gasteiger partial charge in [0, 0.05) is 30.1 Å². The lowest BCUT2D eigenvalue weighted by molar-refractivity contribution is 0.102. The third-order valence-electron chi connectivity index (χ3n) is 4.18. The number of halogens is 1. The van der Waals surface area contributed by atoms with Crippen molar-refractivity contribution in [3.05, 3.63) is 0 Å². The Labute approximate surface area is 144 Å². The van der Waals surface area contributed by atoms with E-state index in [9.17, 15) is 0 Å². The van der Waals surface area contributed by atoms with Crippen LogP contribution in [-0.2, 0) is 0 Å². The zero-order valence-corrected chi connectivity index (χ0v) is 16.0. The number of nitrogens with zero attached hydrogens (tertiary/aromatic N) is 3. The molecule has 0 unspecified atom stereocenters. The molecule has 0 bridgehead atoms. The standard InChI is InChI=1S/C14H28N4S.HI/c1-14(2,18-6-4-3-5-7-18)12-16-13(15)17-8-10-19-11-9-17;/h3-12H2,1-2H3,(H2,15,16);1H. The number of guanidine groups is 1. The molecule has 0 radical (unpaired) electrons. The van der Waals surface area contributed by atoms with E-state index in [1.165, 1.54) is 43.9 Å². The Morgan fingerprint density at radius 3 is 2.30 bits per heavy atom. The number of aliphatic imine (C=N–C) groups is 1. The second kappa shape index (κ2) is 8.68. The van der Waals surface area contributed by atoms with Crippen LogP contribution in [0.25, 0.3) is 0 Å². The lowest BCUT2D eigenvalue weighted by atomic mass is 9.99. The highest BCUT2D eigenvalue weighted by atomic mass is 127. The number of thioether (sulfide) groups is 1. The molecule has 0 aromatic carbocycles. The fraction of sp³-hybridized carbons (Fsp3) is 0.929. The highest BCUT2D eigenvalue weighted by Gasteiger charge is 2.27. The summed E-state index contributed by atoms with van der Waals surface area (Å²) in [7, 11) is 0. The van der Waals surface area contributed by atoms with Crippen molar-refractivity contribution in [1.82, 2.24) is 9.80 Å². The molecule has 2 aliphatic heterocycles. The highest BCUT2D eigenvalue weighted by molar-refractivity contribution is 14.0. The zero-order valence-electron chi connectivity index (χ0n) is 12.8. The zero-order chi connectivity index (χ0) is 13.7. The lowest BCUT2D eigenvalue weighted by Crippen LogP contribution is -2.50. The average molecular weight is 412 g/mol. The van der Waals surface area contributed by atoms with Gasteiger partial charge in [0.15, 0.2) is 5.96 Å². The number of hydrogen-bond acceptors (Lipinski definition) is 3. The molecule has 20 heavy (non-hydrogen) atoms. The predicted octanol–water partition coefficient (Wildman–Crippen LogP) is 2.23. The summed E-state index contributed by atoms with van der Waals surface area (Å²) in [5.41, 5.74) is 6.27. The molecule has 2 saturated heterocycles. The van der Waals surface area contributed by atoms with Crippen LogP contribution < -0.4 is 5.73 Å². The van der Waals surface area contributed by atoms with Crippen molar-refractivity contribution < 1.29 is 0 Å². The molecule has 2 fully saturated rings. The van der Waals surface area contributed by atoms with E-state index in [1.807, 2.05) is 11.8 Å². The lowest BCUT2D eigenvalue weighted by Gasteiger charge is -2.40. The van der Waals surface area contributed by atoms with Gasteiger partial charge in [-0.25, -0.2) is 0 Å². The SMILES string of the molecule is CC(C)(CN=C(N)N1CCSCC1)N1CCCCC1.I. The first-order chi connectivity index (χ1) is 9.09. The first kappa shape index (κ1) is 18.4. The molecule has 2 N–H and O–H groups in total. The minimum atomic E-state index is 0. The first-order valence-electron chi connectivity index (χ1n) is 7.47.